The van der Waals surface area contributed by atoms with Gasteiger partial charge < -0.3 is 10.6 Å². The van der Waals surface area contributed by atoms with Gasteiger partial charge in [-0.2, -0.15) is 5.10 Å². The van der Waals surface area contributed by atoms with Crippen LogP contribution in [-0.2, 0) is 0 Å². The fourth-order valence-corrected chi connectivity index (χ4v) is 5.54. The molecule has 0 aromatic carbocycles. The lowest BCUT2D eigenvalue weighted by molar-refractivity contribution is 0.107. The summed E-state index contributed by atoms with van der Waals surface area (Å²) in [6, 6.07) is 2.14. The van der Waals surface area contributed by atoms with Crippen LogP contribution >= 0.6 is 0 Å². The third-order valence-corrected chi connectivity index (χ3v) is 7.58. The summed E-state index contributed by atoms with van der Waals surface area (Å²) in [5.41, 5.74) is 7.12. The van der Waals surface area contributed by atoms with Gasteiger partial charge in [0.25, 0.3) is 6.43 Å². The maximum atomic E-state index is 13.6. The van der Waals surface area contributed by atoms with Crippen LogP contribution in [0.4, 0.5) is 14.6 Å². The molecule has 0 unspecified atom stereocenters. The molecule has 5 rings (SSSR count). The van der Waals surface area contributed by atoms with Gasteiger partial charge in [0.2, 0.25) is 0 Å². The Morgan fingerprint density at radius 3 is 2.66 bits per heavy atom. The Balaban J connectivity index is 1.49. The number of piperidine rings is 1. The van der Waals surface area contributed by atoms with Gasteiger partial charge in [0.15, 0.2) is 5.65 Å². The molecule has 2 N–H and O–H groups in total. The largest absolute Gasteiger partial charge is 0.397 e. The molecule has 172 valence electrons. The smallest absolute Gasteiger partial charge is 0.278 e. The van der Waals surface area contributed by atoms with E-state index in [-0.39, 0.29) is 11.6 Å². The number of nitrogens with zero attached hydrogens (tertiary/aromatic N) is 5. The third kappa shape index (κ3) is 4.11. The first-order valence-corrected chi connectivity index (χ1v) is 12.0. The Hall–Kier alpha value is -2.51. The van der Waals surface area contributed by atoms with E-state index >= 15 is 0 Å². The summed E-state index contributed by atoms with van der Waals surface area (Å²) in [5.74, 6) is 0.879. The lowest BCUT2D eigenvalue weighted by atomic mass is 9.64. The number of rotatable bonds is 5. The van der Waals surface area contributed by atoms with E-state index in [0.29, 0.717) is 16.6 Å². The second kappa shape index (κ2) is 8.79. The molecule has 6 nitrogen and oxygen atoms in total. The first-order valence-electron chi connectivity index (χ1n) is 12.0. The predicted octanol–water partition coefficient (Wildman–Crippen LogP) is 4.84. The SMILES string of the molecule is NC(=C(C=NC1CCCCC1)c1cnn2ccc(N3CCCC4(CCC4)C3)nc12)C(F)F. The number of hydrogen-bond donors (Lipinski definition) is 1. The molecule has 2 aromatic heterocycles. The van der Waals surface area contributed by atoms with Gasteiger partial charge in [0.1, 0.15) is 5.82 Å². The van der Waals surface area contributed by atoms with Gasteiger partial charge >= 0.3 is 0 Å². The fourth-order valence-electron chi connectivity index (χ4n) is 5.54. The second-order valence-electron chi connectivity index (χ2n) is 9.73. The molecule has 2 saturated carbocycles. The molecule has 32 heavy (non-hydrogen) atoms. The zero-order valence-electron chi connectivity index (χ0n) is 18.5. The average molecular weight is 443 g/mol. The molecule has 2 aromatic rings. The minimum Gasteiger partial charge on any atom is -0.397 e. The van der Waals surface area contributed by atoms with Crippen molar-refractivity contribution in [2.24, 2.45) is 16.1 Å². The highest BCUT2D eigenvalue weighted by atomic mass is 19.3. The number of alkyl halides is 2. The van der Waals surface area contributed by atoms with Crippen molar-refractivity contribution in [2.75, 3.05) is 18.0 Å². The zero-order valence-corrected chi connectivity index (χ0v) is 18.5. The molecule has 0 atom stereocenters. The molecule has 0 amide bonds. The van der Waals surface area contributed by atoms with Crippen molar-refractivity contribution in [2.45, 2.75) is 76.7 Å². The lowest BCUT2D eigenvalue weighted by Crippen LogP contribution is -2.47. The van der Waals surface area contributed by atoms with Crippen LogP contribution in [-0.4, -0.2) is 46.4 Å². The van der Waals surface area contributed by atoms with Crippen molar-refractivity contribution in [1.29, 1.82) is 0 Å². The lowest BCUT2D eigenvalue weighted by Gasteiger charge is -2.49. The first kappa shape index (κ1) is 21.3. The number of hydrogen-bond acceptors (Lipinski definition) is 5. The van der Waals surface area contributed by atoms with E-state index in [1.165, 1.54) is 38.3 Å². The molecular weight excluding hydrogens is 410 g/mol. The van der Waals surface area contributed by atoms with Crippen molar-refractivity contribution < 1.29 is 8.78 Å². The summed E-state index contributed by atoms with van der Waals surface area (Å²) < 4.78 is 28.9. The summed E-state index contributed by atoms with van der Waals surface area (Å²) in [5, 5.41) is 4.36. The normalized spacial score (nSPS) is 22.7. The number of allylic oxidation sites excluding steroid dienone is 2. The predicted molar refractivity (Wildman–Crippen MR) is 123 cm³/mol. The van der Waals surface area contributed by atoms with Gasteiger partial charge in [0.05, 0.1) is 17.5 Å². The molecule has 3 aliphatic rings. The van der Waals surface area contributed by atoms with Crippen LogP contribution in [0.25, 0.3) is 11.2 Å². The number of aliphatic imine (C=N–C) groups is 1. The maximum absolute atomic E-state index is 13.6. The minimum absolute atomic E-state index is 0.168. The van der Waals surface area contributed by atoms with Crippen molar-refractivity contribution in [1.82, 2.24) is 14.6 Å². The van der Waals surface area contributed by atoms with Crippen LogP contribution < -0.4 is 10.6 Å². The van der Waals surface area contributed by atoms with E-state index in [9.17, 15) is 8.78 Å². The van der Waals surface area contributed by atoms with Gasteiger partial charge in [-0.25, -0.2) is 18.3 Å². The molecule has 0 bridgehead atoms. The summed E-state index contributed by atoms with van der Waals surface area (Å²) in [4.78, 5) is 11.8. The van der Waals surface area contributed by atoms with E-state index < -0.39 is 12.1 Å². The summed E-state index contributed by atoms with van der Waals surface area (Å²) in [7, 11) is 0. The molecule has 0 radical (unpaired) electrons. The van der Waals surface area contributed by atoms with Crippen molar-refractivity contribution in [3.63, 3.8) is 0 Å². The second-order valence-corrected chi connectivity index (χ2v) is 9.73. The molecule has 2 aliphatic carbocycles. The molecule has 1 spiro atoms. The molecule has 3 heterocycles. The van der Waals surface area contributed by atoms with Crippen LogP contribution in [0.2, 0.25) is 0 Å². The summed E-state index contributed by atoms with van der Waals surface area (Å²) in [6.45, 7) is 1.99. The monoisotopic (exact) mass is 442 g/mol. The zero-order chi connectivity index (χ0) is 22.1. The quantitative estimate of drug-likeness (QED) is 0.673. The number of anilines is 1. The van der Waals surface area contributed by atoms with E-state index in [0.717, 1.165) is 51.0 Å². The molecule has 8 heteroatoms. The fraction of sp³-hybridized carbons (Fsp3) is 0.625. The Morgan fingerprint density at radius 1 is 1.16 bits per heavy atom. The standard InChI is InChI=1S/C24H32F2N6/c25-22(26)21(27)18(14-28-17-6-2-1-3-7-17)19-15-29-32-13-8-20(30-23(19)32)31-12-5-11-24(16-31)9-4-10-24/h8,13-15,17,22H,1-7,9-12,16,27H2. The Kier molecular flexibility index (Phi) is 5.86. The summed E-state index contributed by atoms with van der Waals surface area (Å²) >= 11 is 0. The van der Waals surface area contributed by atoms with Crippen LogP contribution in [0.1, 0.15) is 69.8 Å². The van der Waals surface area contributed by atoms with Gasteiger partial charge in [0, 0.05) is 37.1 Å². The van der Waals surface area contributed by atoms with Gasteiger partial charge in [-0.1, -0.05) is 25.7 Å². The van der Waals surface area contributed by atoms with E-state index in [2.05, 4.69) is 15.0 Å². The minimum atomic E-state index is -2.76. The highest BCUT2D eigenvalue weighted by Crippen LogP contribution is 2.48. The van der Waals surface area contributed by atoms with Crippen LogP contribution in [0, 0.1) is 5.41 Å². The molecular formula is C24H32F2N6. The number of fused-ring (bicyclic) bond motifs is 1. The highest BCUT2D eigenvalue weighted by molar-refractivity contribution is 6.13. The van der Waals surface area contributed by atoms with Gasteiger partial charge in [-0.3, -0.25) is 4.99 Å². The summed E-state index contributed by atoms with van der Waals surface area (Å²) in [6.07, 6.45) is 14.0. The number of nitrogens with two attached hydrogens (primary N) is 1. The van der Waals surface area contributed by atoms with Crippen molar-refractivity contribution >= 4 is 23.3 Å². The maximum Gasteiger partial charge on any atom is 0.278 e. The third-order valence-electron chi connectivity index (χ3n) is 7.58. The number of aromatic nitrogens is 3. The number of halogens is 2. The Labute approximate surface area is 187 Å². The molecule has 1 saturated heterocycles. The van der Waals surface area contributed by atoms with E-state index in [1.54, 1.807) is 10.7 Å². The van der Waals surface area contributed by atoms with Crippen molar-refractivity contribution in [3.05, 3.63) is 29.7 Å². The van der Waals surface area contributed by atoms with Crippen LogP contribution in [0.15, 0.2) is 29.1 Å². The van der Waals surface area contributed by atoms with Gasteiger partial charge in [-0.15, -0.1) is 0 Å². The topological polar surface area (TPSA) is 71.8 Å². The molecule has 1 aliphatic heterocycles. The van der Waals surface area contributed by atoms with E-state index in [4.69, 9.17) is 10.7 Å². The van der Waals surface area contributed by atoms with E-state index in [1.807, 2.05) is 12.3 Å². The van der Waals surface area contributed by atoms with Crippen LogP contribution in [0.3, 0.4) is 0 Å². The van der Waals surface area contributed by atoms with Gasteiger partial charge in [-0.05, 0) is 50.0 Å². The Morgan fingerprint density at radius 2 is 1.94 bits per heavy atom. The molecule has 3 fully saturated rings. The Bertz CT molecular complexity index is 1020. The first-order chi connectivity index (χ1) is 15.5. The highest BCUT2D eigenvalue weighted by Gasteiger charge is 2.40. The van der Waals surface area contributed by atoms with Crippen molar-refractivity contribution in [3.8, 4) is 0 Å². The average Bonchev–Trinajstić information content (AvgIpc) is 3.22. The van der Waals surface area contributed by atoms with Crippen LogP contribution in [0.5, 0.6) is 0 Å².